The Morgan fingerprint density at radius 2 is 2.50 bits per heavy atom. The van der Waals surface area contributed by atoms with E-state index in [0.29, 0.717) is 0 Å². The van der Waals surface area contributed by atoms with Crippen LogP contribution in [0.5, 0.6) is 0 Å². The summed E-state index contributed by atoms with van der Waals surface area (Å²) in [5.41, 5.74) is 0.181. The van der Waals surface area contributed by atoms with E-state index in [1.165, 1.54) is 12.3 Å². The lowest BCUT2D eigenvalue weighted by atomic mass is 10.3. The fourth-order valence-electron chi connectivity index (χ4n) is 0.841. The Morgan fingerprint density at radius 1 is 1.79 bits per heavy atom. The first-order valence-electron chi connectivity index (χ1n) is 3.89. The molecule has 5 heteroatoms. The van der Waals surface area contributed by atoms with Crippen LogP contribution in [0.2, 0.25) is 5.02 Å². The highest BCUT2D eigenvalue weighted by Crippen LogP contribution is 2.20. The predicted molar refractivity (Wildman–Crippen MR) is 51.5 cm³/mol. The number of aromatic nitrogens is 1. The van der Waals surface area contributed by atoms with Crippen molar-refractivity contribution in [3.8, 4) is 0 Å². The van der Waals surface area contributed by atoms with Crippen LogP contribution >= 0.6 is 11.6 Å². The summed E-state index contributed by atoms with van der Waals surface area (Å²) in [5, 5.41) is 0.185. The topological polar surface area (TPSA) is 43.5 Å². The van der Waals surface area contributed by atoms with E-state index in [2.05, 4.69) is 9.83 Å². The molecular weight excluding hydrogens is 204 g/mol. The summed E-state index contributed by atoms with van der Waals surface area (Å²) < 4.78 is 4.74. The number of ether oxygens (including phenoxy) is 1. The molecule has 0 aliphatic heterocycles. The highest BCUT2D eigenvalue weighted by atomic mass is 35.5. The van der Waals surface area contributed by atoms with Gasteiger partial charge >= 0.3 is 5.97 Å². The average molecular weight is 211 g/mol. The Hall–Kier alpha value is -1.60. The lowest BCUT2D eigenvalue weighted by Crippen LogP contribution is -2.05. The van der Waals surface area contributed by atoms with Gasteiger partial charge in [0, 0.05) is 0 Å². The maximum atomic E-state index is 11.2. The second-order valence-electron chi connectivity index (χ2n) is 2.35. The van der Waals surface area contributed by atoms with Gasteiger partial charge in [-0.25, -0.2) is 4.79 Å². The third kappa shape index (κ3) is 2.21. The van der Waals surface area contributed by atoms with Crippen LogP contribution in [0, 0.1) is 6.57 Å². The minimum Gasteiger partial charge on any atom is -0.462 e. The summed E-state index contributed by atoms with van der Waals surface area (Å²) in [6, 6.07) is 1.33. The molecule has 0 aromatic carbocycles. The van der Waals surface area contributed by atoms with Gasteiger partial charge in [0.05, 0.1) is 11.6 Å². The molecule has 1 rings (SSSR count). The highest BCUT2D eigenvalue weighted by molar-refractivity contribution is 6.33. The van der Waals surface area contributed by atoms with Crippen molar-refractivity contribution in [1.82, 2.24) is 4.98 Å². The highest BCUT2D eigenvalue weighted by Gasteiger charge is 2.13. The zero-order valence-electron chi connectivity index (χ0n) is 7.45. The molecule has 0 saturated carbocycles. The van der Waals surface area contributed by atoms with E-state index in [9.17, 15) is 4.79 Å². The Labute approximate surface area is 86.3 Å². The molecule has 4 nitrogen and oxygen atoms in total. The SMILES string of the molecule is [C-]#[N+]c1cc(Cl)c(C(=O)OCC)cn1. The number of carbonyl (C=O) groups is 1. The van der Waals surface area contributed by atoms with Gasteiger partial charge in [-0.3, -0.25) is 0 Å². The second kappa shape index (κ2) is 4.58. The van der Waals surface area contributed by atoms with Crippen molar-refractivity contribution in [1.29, 1.82) is 0 Å². The third-order valence-electron chi connectivity index (χ3n) is 1.45. The monoisotopic (exact) mass is 210 g/mol. The average Bonchev–Trinajstić information content (AvgIpc) is 2.17. The number of esters is 1. The number of hydrogen-bond donors (Lipinski definition) is 0. The number of carbonyl (C=O) groups excluding carboxylic acids is 1. The van der Waals surface area contributed by atoms with Crippen molar-refractivity contribution in [2.75, 3.05) is 6.61 Å². The van der Waals surface area contributed by atoms with Crippen LogP contribution in [0.25, 0.3) is 4.85 Å². The largest absolute Gasteiger partial charge is 0.462 e. The summed E-state index contributed by atoms with van der Waals surface area (Å²) >= 11 is 5.75. The molecule has 0 aliphatic rings. The van der Waals surface area contributed by atoms with E-state index in [4.69, 9.17) is 22.9 Å². The summed E-state index contributed by atoms with van der Waals surface area (Å²) in [6.45, 7) is 8.67. The molecule has 1 aromatic rings. The van der Waals surface area contributed by atoms with E-state index in [0.717, 1.165) is 0 Å². The van der Waals surface area contributed by atoms with E-state index in [1.807, 2.05) is 0 Å². The molecule has 0 N–H and O–H groups in total. The minimum atomic E-state index is -0.526. The lowest BCUT2D eigenvalue weighted by molar-refractivity contribution is 0.0526. The van der Waals surface area contributed by atoms with Gasteiger partial charge in [0.1, 0.15) is 11.8 Å². The van der Waals surface area contributed by atoms with Crippen molar-refractivity contribution in [2.24, 2.45) is 0 Å². The smallest absolute Gasteiger partial charge is 0.343 e. The molecule has 0 aliphatic carbocycles. The first-order valence-corrected chi connectivity index (χ1v) is 4.27. The number of halogens is 1. The quantitative estimate of drug-likeness (QED) is 0.556. The predicted octanol–water partition coefficient (Wildman–Crippen LogP) is 2.46. The Morgan fingerprint density at radius 3 is 3.00 bits per heavy atom. The maximum Gasteiger partial charge on any atom is 0.343 e. The fourth-order valence-corrected chi connectivity index (χ4v) is 1.06. The standard InChI is InChI=1S/C9H7ClN2O2/c1-3-14-9(13)6-5-12-8(11-2)4-7(6)10/h4-5H,3H2,1H3. The van der Waals surface area contributed by atoms with Crippen molar-refractivity contribution in [3.05, 3.63) is 34.3 Å². The molecule has 0 unspecified atom stereocenters. The number of hydrogen-bond acceptors (Lipinski definition) is 3. The zero-order valence-corrected chi connectivity index (χ0v) is 8.21. The maximum absolute atomic E-state index is 11.2. The van der Waals surface area contributed by atoms with E-state index in [-0.39, 0.29) is 23.0 Å². The van der Waals surface area contributed by atoms with Gasteiger partial charge in [-0.05, 0) is 13.0 Å². The number of nitrogens with zero attached hydrogens (tertiary/aromatic N) is 2. The molecule has 1 heterocycles. The van der Waals surface area contributed by atoms with Crippen LogP contribution < -0.4 is 0 Å². The minimum absolute atomic E-state index is 0.156. The fraction of sp³-hybridized carbons (Fsp3) is 0.222. The molecular formula is C9H7ClN2O2. The molecule has 0 spiro atoms. The summed E-state index contributed by atoms with van der Waals surface area (Å²) in [6.07, 6.45) is 1.24. The van der Waals surface area contributed by atoms with E-state index < -0.39 is 5.97 Å². The van der Waals surface area contributed by atoms with Crippen LogP contribution in [-0.4, -0.2) is 17.6 Å². The Kier molecular flexibility index (Phi) is 3.43. The van der Waals surface area contributed by atoms with Crippen LogP contribution in [0.1, 0.15) is 17.3 Å². The van der Waals surface area contributed by atoms with Gasteiger partial charge < -0.3 is 9.58 Å². The molecule has 0 amide bonds. The van der Waals surface area contributed by atoms with Crippen LogP contribution in [-0.2, 0) is 4.74 Å². The van der Waals surface area contributed by atoms with E-state index in [1.54, 1.807) is 6.92 Å². The van der Waals surface area contributed by atoms with Gasteiger partial charge in [-0.1, -0.05) is 18.2 Å². The Balaban J connectivity index is 3.01. The number of rotatable bonds is 2. The lowest BCUT2D eigenvalue weighted by Gasteiger charge is -2.01. The van der Waals surface area contributed by atoms with Crippen molar-refractivity contribution in [2.45, 2.75) is 6.92 Å². The van der Waals surface area contributed by atoms with Gasteiger partial charge in [0.25, 0.3) is 5.82 Å². The van der Waals surface area contributed by atoms with Crippen molar-refractivity contribution < 1.29 is 9.53 Å². The summed E-state index contributed by atoms with van der Waals surface area (Å²) in [7, 11) is 0. The molecule has 1 aromatic heterocycles. The number of pyridine rings is 1. The molecule has 72 valence electrons. The van der Waals surface area contributed by atoms with Gasteiger partial charge in [0.15, 0.2) is 0 Å². The van der Waals surface area contributed by atoms with Crippen LogP contribution in [0.15, 0.2) is 12.3 Å². The van der Waals surface area contributed by atoms with Crippen molar-refractivity contribution in [3.63, 3.8) is 0 Å². The zero-order chi connectivity index (χ0) is 10.6. The molecule has 14 heavy (non-hydrogen) atoms. The normalized spacial score (nSPS) is 9.21. The van der Waals surface area contributed by atoms with E-state index >= 15 is 0 Å². The van der Waals surface area contributed by atoms with Crippen molar-refractivity contribution >= 4 is 23.4 Å². The molecule has 0 fully saturated rings. The second-order valence-corrected chi connectivity index (χ2v) is 2.76. The van der Waals surface area contributed by atoms with Gasteiger partial charge in [-0.2, -0.15) is 0 Å². The van der Waals surface area contributed by atoms with Crippen LogP contribution in [0.4, 0.5) is 5.82 Å². The van der Waals surface area contributed by atoms with Crippen LogP contribution in [0.3, 0.4) is 0 Å². The molecule has 0 bridgehead atoms. The molecule has 0 atom stereocenters. The first kappa shape index (κ1) is 10.5. The molecule has 0 radical (unpaired) electrons. The molecule has 0 saturated heterocycles. The van der Waals surface area contributed by atoms with Gasteiger partial charge in [-0.15, -0.1) is 4.98 Å². The Bertz CT molecular complexity index is 398. The van der Waals surface area contributed by atoms with Gasteiger partial charge in [0.2, 0.25) is 0 Å². The first-order chi connectivity index (χ1) is 6.69. The summed E-state index contributed by atoms with van der Waals surface area (Å²) in [4.78, 5) is 18.0. The third-order valence-corrected chi connectivity index (χ3v) is 1.76. The summed E-state index contributed by atoms with van der Waals surface area (Å²) in [5.74, 6) is -0.371.